The van der Waals surface area contributed by atoms with Crippen LogP contribution in [0.2, 0.25) is 5.02 Å². The molecule has 2 aromatic rings. The lowest BCUT2D eigenvalue weighted by Crippen LogP contribution is -2.33. The zero-order valence-corrected chi connectivity index (χ0v) is 15.4. The number of carbonyl (C=O) groups excluding carboxylic acids is 2. The highest BCUT2D eigenvalue weighted by Crippen LogP contribution is 2.30. The number of para-hydroxylation sites is 1. The van der Waals surface area contributed by atoms with Gasteiger partial charge in [0.25, 0.3) is 0 Å². The number of anilines is 2. The van der Waals surface area contributed by atoms with Crippen molar-refractivity contribution < 1.29 is 14.0 Å². The Kier molecular flexibility index (Phi) is 5.28. The van der Waals surface area contributed by atoms with Crippen LogP contribution in [0, 0.1) is 11.7 Å². The number of nitrogens with zero attached hydrogens (tertiary/aromatic N) is 1. The van der Waals surface area contributed by atoms with Gasteiger partial charge in [0, 0.05) is 24.6 Å². The largest absolute Gasteiger partial charge is 0.326 e. The molecule has 1 aliphatic heterocycles. The first-order chi connectivity index (χ1) is 12.4. The smallest absolute Gasteiger partial charge is 0.306 e. The second-order valence-electron chi connectivity index (χ2n) is 6.68. The van der Waals surface area contributed by atoms with Crippen LogP contribution in [-0.2, 0) is 17.6 Å². The molecule has 6 heteroatoms. The number of benzene rings is 2. The van der Waals surface area contributed by atoms with E-state index in [0.29, 0.717) is 6.54 Å². The minimum atomic E-state index is -0.555. The Balaban J connectivity index is 1.77. The topological polar surface area (TPSA) is 49.4 Å². The number of hydrogen-bond acceptors (Lipinski definition) is 2. The normalized spacial score (nSPS) is 13.0. The minimum absolute atomic E-state index is 0.0169. The highest BCUT2D eigenvalue weighted by molar-refractivity contribution is 6.34. The Labute approximate surface area is 157 Å². The number of halogens is 2. The SMILES string of the molecule is CC(C)C(=O)Cc1cc(Cl)c(NC(=O)N2CCc3ccccc32)cc1F. The Morgan fingerprint density at radius 1 is 1.27 bits per heavy atom. The van der Waals surface area contributed by atoms with Gasteiger partial charge in [-0.3, -0.25) is 9.69 Å². The van der Waals surface area contributed by atoms with Gasteiger partial charge in [0.05, 0.1) is 10.7 Å². The van der Waals surface area contributed by atoms with Crippen LogP contribution in [0.4, 0.5) is 20.6 Å². The molecule has 1 heterocycles. The van der Waals surface area contributed by atoms with E-state index >= 15 is 0 Å². The van der Waals surface area contributed by atoms with Crippen molar-refractivity contribution in [1.82, 2.24) is 0 Å². The summed E-state index contributed by atoms with van der Waals surface area (Å²) in [5.74, 6) is -0.797. The lowest BCUT2D eigenvalue weighted by Gasteiger charge is -2.19. The van der Waals surface area contributed by atoms with Gasteiger partial charge < -0.3 is 5.32 Å². The van der Waals surface area contributed by atoms with Crippen molar-refractivity contribution >= 4 is 34.8 Å². The molecule has 26 heavy (non-hydrogen) atoms. The first-order valence-corrected chi connectivity index (χ1v) is 8.91. The van der Waals surface area contributed by atoms with Gasteiger partial charge in [0.15, 0.2) is 0 Å². The number of amides is 2. The summed E-state index contributed by atoms with van der Waals surface area (Å²) in [6.45, 7) is 4.10. The summed E-state index contributed by atoms with van der Waals surface area (Å²) in [5, 5.41) is 2.87. The second-order valence-corrected chi connectivity index (χ2v) is 7.09. The van der Waals surface area contributed by atoms with E-state index < -0.39 is 5.82 Å². The van der Waals surface area contributed by atoms with Crippen LogP contribution in [0.1, 0.15) is 25.0 Å². The lowest BCUT2D eigenvalue weighted by atomic mass is 10.0. The Hall–Kier alpha value is -2.40. The molecule has 0 aromatic heterocycles. The Bertz CT molecular complexity index is 867. The predicted molar refractivity (Wildman–Crippen MR) is 101 cm³/mol. The number of hydrogen-bond donors (Lipinski definition) is 1. The number of rotatable bonds is 4. The van der Waals surface area contributed by atoms with Crippen LogP contribution in [0.5, 0.6) is 0 Å². The molecule has 0 unspecified atom stereocenters. The third-order valence-corrected chi connectivity index (χ3v) is 4.83. The van der Waals surface area contributed by atoms with E-state index in [9.17, 15) is 14.0 Å². The predicted octanol–water partition coefficient (Wildman–Crippen LogP) is 4.84. The molecule has 3 rings (SSSR count). The molecule has 0 aliphatic carbocycles. The molecule has 0 saturated heterocycles. The van der Waals surface area contributed by atoms with E-state index in [1.165, 1.54) is 12.1 Å². The van der Waals surface area contributed by atoms with Crippen molar-refractivity contribution in [3.05, 3.63) is 58.4 Å². The van der Waals surface area contributed by atoms with Crippen molar-refractivity contribution in [2.75, 3.05) is 16.8 Å². The average Bonchev–Trinajstić information content (AvgIpc) is 3.03. The maximum atomic E-state index is 14.3. The molecular weight excluding hydrogens is 355 g/mol. The maximum absolute atomic E-state index is 14.3. The molecule has 2 amide bonds. The fourth-order valence-electron chi connectivity index (χ4n) is 2.94. The second kappa shape index (κ2) is 7.46. The summed E-state index contributed by atoms with van der Waals surface area (Å²) in [6, 6.07) is 9.89. The first kappa shape index (κ1) is 18.4. The summed E-state index contributed by atoms with van der Waals surface area (Å²) < 4.78 is 14.3. The van der Waals surface area contributed by atoms with Gasteiger partial charge in [-0.2, -0.15) is 0 Å². The molecule has 2 aromatic carbocycles. The van der Waals surface area contributed by atoms with Crippen molar-refractivity contribution in [2.24, 2.45) is 5.92 Å². The number of Topliss-reactive ketones (excluding diaryl/α,β-unsaturated/α-hetero) is 1. The third-order valence-electron chi connectivity index (χ3n) is 4.52. The highest BCUT2D eigenvalue weighted by Gasteiger charge is 2.25. The monoisotopic (exact) mass is 374 g/mol. The maximum Gasteiger partial charge on any atom is 0.326 e. The number of carbonyl (C=O) groups is 2. The van der Waals surface area contributed by atoms with Gasteiger partial charge in [0.1, 0.15) is 11.6 Å². The molecule has 0 bridgehead atoms. The summed E-state index contributed by atoms with van der Waals surface area (Å²) in [7, 11) is 0. The summed E-state index contributed by atoms with van der Waals surface area (Å²) in [4.78, 5) is 26.0. The van der Waals surface area contributed by atoms with Crippen molar-refractivity contribution in [2.45, 2.75) is 26.7 Å². The van der Waals surface area contributed by atoms with Crippen LogP contribution in [-0.4, -0.2) is 18.4 Å². The third kappa shape index (κ3) is 3.73. The van der Waals surface area contributed by atoms with E-state index in [0.717, 1.165) is 17.7 Å². The van der Waals surface area contributed by atoms with Crippen molar-refractivity contribution in [1.29, 1.82) is 0 Å². The standard InChI is InChI=1S/C20H20ClFN2O2/c1-12(2)19(25)10-14-9-15(21)17(11-16(14)22)23-20(26)24-8-7-13-5-3-4-6-18(13)24/h3-6,9,11-12H,7-8,10H2,1-2H3,(H,23,26). The van der Waals surface area contributed by atoms with Gasteiger partial charge in [-0.25, -0.2) is 9.18 Å². The molecule has 0 saturated carbocycles. The molecule has 0 spiro atoms. The fourth-order valence-corrected chi connectivity index (χ4v) is 3.18. The molecular formula is C20H20ClFN2O2. The summed E-state index contributed by atoms with van der Waals surface area (Å²) in [5.41, 5.74) is 2.38. The number of ketones is 1. The molecule has 1 aliphatic rings. The molecule has 0 fully saturated rings. The quantitative estimate of drug-likeness (QED) is 0.832. The highest BCUT2D eigenvalue weighted by atomic mass is 35.5. The number of fused-ring (bicyclic) bond motifs is 1. The van der Waals surface area contributed by atoms with E-state index in [2.05, 4.69) is 5.32 Å². The van der Waals surface area contributed by atoms with E-state index in [1.54, 1.807) is 18.7 Å². The molecule has 0 radical (unpaired) electrons. The van der Waals surface area contributed by atoms with Crippen molar-refractivity contribution in [3.8, 4) is 0 Å². The molecule has 4 nitrogen and oxygen atoms in total. The molecule has 136 valence electrons. The van der Waals surface area contributed by atoms with Gasteiger partial charge in [0.2, 0.25) is 0 Å². The zero-order chi connectivity index (χ0) is 18.8. The Morgan fingerprint density at radius 2 is 2.00 bits per heavy atom. The minimum Gasteiger partial charge on any atom is -0.306 e. The number of urea groups is 1. The molecule has 0 atom stereocenters. The van der Waals surface area contributed by atoms with Crippen LogP contribution < -0.4 is 10.2 Å². The van der Waals surface area contributed by atoms with Crippen LogP contribution in [0.25, 0.3) is 0 Å². The van der Waals surface area contributed by atoms with Crippen LogP contribution >= 0.6 is 11.6 Å². The molecule has 1 N–H and O–H groups in total. The lowest BCUT2D eigenvalue weighted by molar-refractivity contribution is -0.121. The zero-order valence-electron chi connectivity index (χ0n) is 14.7. The summed E-state index contributed by atoms with van der Waals surface area (Å²) in [6.07, 6.45) is 0.763. The van der Waals surface area contributed by atoms with E-state index in [4.69, 9.17) is 11.6 Å². The van der Waals surface area contributed by atoms with Crippen LogP contribution in [0.15, 0.2) is 36.4 Å². The average molecular weight is 375 g/mol. The van der Waals surface area contributed by atoms with Gasteiger partial charge in [-0.1, -0.05) is 43.6 Å². The van der Waals surface area contributed by atoms with E-state index in [1.807, 2.05) is 24.3 Å². The van der Waals surface area contributed by atoms with Crippen molar-refractivity contribution in [3.63, 3.8) is 0 Å². The van der Waals surface area contributed by atoms with Crippen LogP contribution in [0.3, 0.4) is 0 Å². The first-order valence-electron chi connectivity index (χ1n) is 8.54. The Morgan fingerprint density at radius 3 is 2.73 bits per heavy atom. The van der Waals surface area contributed by atoms with Gasteiger partial charge in [-0.15, -0.1) is 0 Å². The summed E-state index contributed by atoms with van der Waals surface area (Å²) >= 11 is 6.20. The van der Waals surface area contributed by atoms with Gasteiger partial charge >= 0.3 is 6.03 Å². The number of nitrogens with one attached hydrogen (secondary N) is 1. The van der Waals surface area contributed by atoms with E-state index in [-0.39, 0.29) is 40.4 Å². The van der Waals surface area contributed by atoms with Gasteiger partial charge in [-0.05, 0) is 35.7 Å². The fraction of sp³-hybridized carbons (Fsp3) is 0.300.